The number of hydrogen-bond donors (Lipinski definition) is 2. The van der Waals surface area contributed by atoms with Crippen LogP contribution in [0.25, 0.3) is 5.69 Å². The van der Waals surface area contributed by atoms with Crippen LogP contribution in [0.3, 0.4) is 0 Å². The van der Waals surface area contributed by atoms with Crippen molar-refractivity contribution < 1.29 is 19.0 Å². The molecule has 2 aromatic carbocycles. The Kier molecular flexibility index (Phi) is 6.66. The average molecular weight is 397 g/mol. The summed E-state index contributed by atoms with van der Waals surface area (Å²) in [5, 5.41) is 18.1. The molecule has 0 spiro atoms. The molecule has 0 radical (unpaired) electrons. The number of aromatic amines is 1. The van der Waals surface area contributed by atoms with Crippen molar-refractivity contribution in [3.05, 3.63) is 86.4 Å². The standard InChI is InChI=1S/C18H10FN3O5.C2H6/c19-12-6-10(9-20)15(27-11-4-2-1-3-5-11)8-14(12)22-16(23)7-13(17(24)25)21-18(22)26;1-2/h1-8H,(H,21,26)(H,24,25);1-2H3. The smallest absolute Gasteiger partial charge is 0.352 e. The minimum Gasteiger partial charge on any atom is -0.477 e. The van der Waals surface area contributed by atoms with E-state index in [1.54, 1.807) is 36.4 Å². The summed E-state index contributed by atoms with van der Waals surface area (Å²) in [6, 6.07) is 12.6. The van der Waals surface area contributed by atoms with Crippen LogP contribution in [0.4, 0.5) is 4.39 Å². The minimum atomic E-state index is -1.51. The van der Waals surface area contributed by atoms with Crippen molar-refractivity contribution in [2.24, 2.45) is 0 Å². The van der Waals surface area contributed by atoms with Crippen molar-refractivity contribution in [1.82, 2.24) is 9.55 Å². The lowest BCUT2D eigenvalue weighted by Gasteiger charge is -2.11. The Balaban J connectivity index is 0.00000145. The van der Waals surface area contributed by atoms with Crippen LogP contribution in [0, 0.1) is 17.1 Å². The molecule has 8 nitrogen and oxygen atoms in total. The lowest BCUT2D eigenvalue weighted by atomic mass is 10.1. The number of para-hydroxylation sites is 1. The topological polar surface area (TPSA) is 125 Å². The number of aromatic nitrogens is 2. The fourth-order valence-corrected chi connectivity index (χ4v) is 2.34. The van der Waals surface area contributed by atoms with Gasteiger partial charge in [-0.3, -0.25) is 4.79 Å². The highest BCUT2D eigenvalue weighted by atomic mass is 19.1. The monoisotopic (exact) mass is 397 g/mol. The zero-order valence-corrected chi connectivity index (χ0v) is 15.5. The second-order valence-electron chi connectivity index (χ2n) is 5.29. The quantitative estimate of drug-likeness (QED) is 0.697. The molecule has 2 N–H and O–H groups in total. The van der Waals surface area contributed by atoms with E-state index in [1.165, 1.54) is 0 Å². The zero-order chi connectivity index (χ0) is 21.6. The minimum absolute atomic E-state index is 0.0753. The number of H-pyrrole nitrogens is 1. The summed E-state index contributed by atoms with van der Waals surface area (Å²) in [4.78, 5) is 37.2. The summed E-state index contributed by atoms with van der Waals surface area (Å²) >= 11 is 0. The Hall–Kier alpha value is -4.19. The number of nitriles is 1. The number of halogens is 1. The number of carboxylic acids is 1. The van der Waals surface area contributed by atoms with E-state index in [2.05, 4.69) is 0 Å². The first-order valence-corrected chi connectivity index (χ1v) is 8.47. The number of ether oxygens (including phenoxy) is 1. The SMILES string of the molecule is CC.N#Cc1cc(F)c(-n2c(=O)cc(C(=O)O)[nH]c2=O)cc1Oc1ccccc1. The van der Waals surface area contributed by atoms with Gasteiger partial charge in [0, 0.05) is 12.1 Å². The highest BCUT2D eigenvalue weighted by Gasteiger charge is 2.18. The second kappa shape index (κ2) is 9.14. The number of rotatable bonds is 4. The maximum Gasteiger partial charge on any atom is 0.352 e. The van der Waals surface area contributed by atoms with Crippen LogP contribution in [0.1, 0.15) is 29.9 Å². The van der Waals surface area contributed by atoms with Gasteiger partial charge >= 0.3 is 11.7 Å². The Labute approximate surface area is 164 Å². The highest BCUT2D eigenvalue weighted by Crippen LogP contribution is 2.28. The molecule has 1 aromatic heterocycles. The molecule has 3 aromatic rings. The molecular weight excluding hydrogens is 381 g/mol. The molecule has 0 fully saturated rings. The molecule has 0 aliphatic rings. The van der Waals surface area contributed by atoms with E-state index < -0.39 is 34.4 Å². The Bertz CT molecular complexity index is 1160. The molecule has 0 amide bonds. The van der Waals surface area contributed by atoms with Gasteiger partial charge in [0.15, 0.2) is 0 Å². The third kappa shape index (κ3) is 4.56. The first-order valence-electron chi connectivity index (χ1n) is 8.47. The highest BCUT2D eigenvalue weighted by molar-refractivity contribution is 5.84. The van der Waals surface area contributed by atoms with Crippen molar-refractivity contribution in [3.63, 3.8) is 0 Å². The van der Waals surface area contributed by atoms with E-state index in [0.29, 0.717) is 16.4 Å². The first kappa shape index (κ1) is 21.1. The van der Waals surface area contributed by atoms with Gasteiger partial charge in [-0.2, -0.15) is 5.26 Å². The zero-order valence-electron chi connectivity index (χ0n) is 15.5. The van der Waals surface area contributed by atoms with Gasteiger partial charge in [-0.15, -0.1) is 0 Å². The molecule has 0 aliphatic carbocycles. The average Bonchev–Trinajstić information content (AvgIpc) is 2.71. The summed E-state index contributed by atoms with van der Waals surface area (Å²) in [7, 11) is 0. The van der Waals surface area contributed by atoms with E-state index in [-0.39, 0.29) is 11.3 Å². The molecule has 1 heterocycles. The second-order valence-corrected chi connectivity index (χ2v) is 5.29. The third-order valence-electron chi connectivity index (χ3n) is 3.54. The lowest BCUT2D eigenvalue weighted by Crippen LogP contribution is -2.35. The van der Waals surface area contributed by atoms with Crippen molar-refractivity contribution in [3.8, 4) is 23.3 Å². The Morgan fingerprint density at radius 1 is 1.17 bits per heavy atom. The van der Waals surface area contributed by atoms with Gasteiger partial charge < -0.3 is 14.8 Å². The summed E-state index contributed by atoms with van der Waals surface area (Å²) in [5.41, 5.74) is -3.45. The van der Waals surface area contributed by atoms with Crippen LogP contribution in [0.2, 0.25) is 0 Å². The molecule has 9 heteroatoms. The molecule has 148 valence electrons. The fraction of sp³-hybridized carbons (Fsp3) is 0.100. The summed E-state index contributed by atoms with van der Waals surface area (Å²) in [6.45, 7) is 4.00. The van der Waals surface area contributed by atoms with E-state index in [4.69, 9.17) is 9.84 Å². The number of benzene rings is 2. The lowest BCUT2D eigenvalue weighted by molar-refractivity contribution is 0.0689. The molecule has 0 aliphatic heterocycles. The van der Waals surface area contributed by atoms with Crippen molar-refractivity contribution in [1.29, 1.82) is 5.26 Å². The number of carboxylic acid groups (broad SMARTS) is 1. The predicted molar refractivity (Wildman–Crippen MR) is 102 cm³/mol. The first-order chi connectivity index (χ1) is 13.9. The number of nitrogens with zero attached hydrogens (tertiary/aromatic N) is 2. The van der Waals surface area contributed by atoms with Crippen LogP contribution >= 0.6 is 0 Å². The normalized spacial score (nSPS) is 9.72. The maximum atomic E-state index is 14.4. The van der Waals surface area contributed by atoms with Gasteiger partial charge in [0.1, 0.15) is 29.1 Å². The van der Waals surface area contributed by atoms with Crippen molar-refractivity contribution in [2.75, 3.05) is 0 Å². The molecule has 0 saturated carbocycles. The van der Waals surface area contributed by atoms with Crippen LogP contribution in [-0.2, 0) is 0 Å². The van der Waals surface area contributed by atoms with Crippen LogP contribution < -0.4 is 16.0 Å². The fourth-order valence-electron chi connectivity index (χ4n) is 2.34. The summed E-state index contributed by atoms with van der Waals surface area (Å²) in [5.74, 6) is -2.25. The largest absolute Gasteiger partial charge is 0.477 e. The number of nitrogens with one attached hydrogen (secondary N) is 1. The summed E-state index contributed by atoms with van der Waals surface area (Å²) in [6.07, 6.45) is 0. The van der Waals surface area contributed by atoms with Crippen molar-refractivity contribution >= 4 is 5.97 Å². The van der Waals surface area contributed by atoms with Crippen LogP contribution in [-0.4, -0.2) is 20.6 Å². The van der Waals surface area contributed by atoms with Gasteiger partial charge in [-0.25, -0.2) is 18.5 Å². The van der Waals surface area contributed by atoms with Crippen LogP contribution in [0.15, 0.2) is 58.1 Å². The Morgan fingerprint density at radius 2 is 1.83 bits per heavy atom. The molecule has 3 rings (SSSR count). The van der Waals surface area contributed by atoms with E-state index >= 15 is 0 Å². The summed E-state index contributed by atoms with van der Waals surface area (Å²) < 4.78 is 20.4. The molecule has 0 bridgehead atoms. The van der Waals surface area contributed by atoms with Gasteiger partial charge in [0.25, 0.3) is 5.56 Å². The number of hydrogen-bond acceptors (Lipinski definition) is 5. The van der Waals surface area contributed by atoms with Crippen molar-refractivity contribution in [2.45, 2.75) is 13.8 Å². The Morgan fingerprint density at radius 3 is 2.38 bits per heavy atom. The van der Waals surface area contributed by atoms with E-state index in [1.807, 2.05) is 18.8 Å². The van der Waals surface area contributed by atoms with Gasteiger partial charge in [-0.05, 0) is 18.2 Å². The number of aromatic carboxylic acids is 1. The van der Waals surface area contributed by atoms with Gasteiger partial charge in [0.05, 0.1) is 11.3 Å². The van der Waals surface area contributed by atoms with Gasteiger partial charge in [0.2, 0.25) is 0 Å². The van der Waals surface area contributed by atoms with Gasteiger partial charge in [-0.1, -0.05) is 32.0 Å². The third-order valence-corrected chi connectivity index (χ3v) is 3.54. The number of carbonyl (C=O) groups is 1. The molecule has 0 atom stereocenters. The molecule has 29 heavy (non-hydrogen) atoms. The van der Waals surface area contributed by atoms with E-state index in [0.717, 1.165) is 12.1 Å². The van der Waals surface area contributed by atoms with E-state index in [9.17, 15) is 24.0 Å². The molecular formula is C20H16FN3O5. The van der Waals surface area contributed by atoms with Crippen LogP contribution in [0.5, 0.6) is 11.5 Å². The molecule has 0 saturated heterocycles. The predicted octanol–water partition coefficient (Wildman–Crippen LogP) is 3.05. The molecule has 0 unspecified atom stereocenters. The maximum absolute atomic E-state index is 14.4.